The molecular formula is C14H23N3O2S. The summed E-state index contributed by atoms with van der Waals surface area (Å²) in [6.45, 7) is 3.32. The van der Waals surface area contributed by atoms with E-state index in [9.17, 15) is 9.59 Å². The van der Waals surface area contributed by atoms with Gasteiger partial charge in [0, 0.05) is 13.1 Å². The van der Waals surface area contributed by atoms with Crippen molar-refractivity contribution < 1.29 is 9.59 Å². The minimum atomic E-state index is -0.716. The van der Waals surface area contributed by atoms with Crippen molar-refractivity contribution in [3.05, 3.63) is 0 Å². The number of likely N-dealkylation sites (tertiary alicyclic amines) is 1. The summed E-state index contributed by atoms with van der Waals surface area (Å²) in [4.78, 5) is 26.7. The molecule has 1 unspecified atom stereocenters. The predicted octanol–water partition coefficient (Wildman–Crippen LogP) is 0.960. The Morgan fingerprint density at radius 1 is 1.20 bits per heavy atom. The van der Waals surface area contributed by atoms with Gasteiger partial charge >= 0.3 is 0 Å². The lowest BCUT2D eigenvalue weighted by atomic mass is 9.68. The molecule has 6 heteroatoms. The van der Waals surface area contributed by atoms with Crippen LogP contribution in [0.1, 0.15) is 45.4 Å². The number of carbonyl (C=O) groups is 2. The zero-order chi connectivity index (χ0) is 14.8. The smallest absolute Gasteiger partial charge is 0.244 e. The quantitative estimate of drug-likeness (QED) is 0.758. The lowest BCUT2D eigenvalue weighted by molar-refractivity contribution is -0.139. The normalized spacial score (nSPS) is 22.6. The van der Waals surface area contributed by atoms with E-state index in [1.807, 2.05) is 4.90 Å². The van der Waals surface area contributed by atoms with Crippen molar-refractivity contribution in [1.82, 2.24) is 10.2 Å². The number of nitrogens with zero attached hydrogens (tertiary/aromatic N) is 1. The second-order valence-corrected chi connectivity index (χ2v) is 6.32. The topological polar surface area (TPSA) is 75.4 Å². The van der Waals surface area contributed by atoms with Crippen LogP contribution in [-0.4, -0.2) is 40.8 Å². The fourth-order valence-electron chi connectivity index (χ4n) is 2.90. The molecule has 0 aromatic carbocycles. The van der Waals surface area contributed by atoms with Gasteiger partial charge in [0.05, 0.1) is 10.4 Å². The number of amides is 2. The van der Waals surface area contributed by atoms with Crippen molar-refractivity contribution in [2.24, 2.45) is 11.1 Å². The van der Waals surface area contributed by atoms with Crippen molar-refractivity contribution in [1.29, 1.82) is 0 Å². The molecule has 2 aliphatic rings. The highest BCUT2D eigenvalue weighted by molar-refractivity contribution is 7.80. The fraction of sp³-hybridized carbons (Fsp3) is 0.786. The molecule has 2 rings (SSSR count). The number of rotatable bonds is 4. The Kier molecular flexibility index (Phi) is 4.62. The summed E-state index contributed by atoms with van der Waals surface area (Å²) >= 11 is 5.02. The number of thiocarbonyl (C=S) groups is 1. The Bertz CT molecular complexity index is 415. The molecule has 0 radical (unpaired) electrons. The largest absolute Gasteiger partial charge is 0.392 e. The first-order valence-electron chi connectivity index (χ1n) is 7.37. The molecule has 2 fully saturated rings. The van der Waals surface area contributed by atoms with Crippen LogP contribution >= 0.6 is 12.2 Å². The average molecular weight is 297 g/mol. The lowest BCUT2D eigenvalue weighted by Crippen LogP contribution is -2.57. The van der Waals surface area contributed by atoms with Gasteiger partial charge in [0.2, 0.25) is 11.8 Å². The molecule has 0 spiro atoms. The van der Waals surface area contributed by atoms with E-state index in [2.05, 4.69) is 5.32 Å². The molecule has 1 aliphatic carbocycles. The van der Waals surface area contributed by atoms with E-state index in [1.54, 1.807) is 6.92 Å². The van der Waals surface area contributed by atoms with Crippen LogP contribution in [0, 0.1) is 5.41 Å². The van der Waals surface area contributed by atoms with E-state index in [0.29, 0.717) is 12.8 Å². The molecule has 1 aliphatic heterocycles. The minimum Gasteiger partial charge on any atom is -0.392 e. The zero-order valence-corrected chi connectivity index (χ0v) is 12.8. The van der Waals surface area contributed by atoms with E-state index >= 15 is 0 Å². The van der Waals surface area contributed by atoms with Gasteiger partial charge in [-0.3, -0.25) is 9.59 Å². The van der Waals surface area contributed by atoms with Gasteiger partial charge in [-0.05, 0) is 39.0 Å². The fourth-order valence-corrected chi connectivity index (χ4v) is 3.20. The van der Waals surface area contributed by atoms with Crippen LogP contribution in [0.5, 0.6) is 0 Å². The van der Waals surface area contributed by atoms with Gasteiger partial charge in [-0.15, -0.1) is 0 Å². The lowest BCUT2D eigenvalue weighted by Gasteiger charge is -2.40. The number of piperidine rings is 1. The van der Waals surface area contributed by atoms with Gasteiger partial charge in [0.1, 0.15) is 6.04 Å². The molecule has 1 saturated carbocycles. The third kappa shape index (κ3) is 2.80. The van der Waals surface area contributed by atoms with Crippen molar-refractivity contribution in [2.45, 2.75) is 51.5 Å². The molecule has 1 heterocycles. The van der Waals surface area contributed by atoms with Crippen LogP contribution in [-0.2, 0) is 9.59 Å². The van der Waals surface area contributed by atoms with Gasteiger partial charge in [-0.2, -0.15) is 0 Å². The second kappa shape index (κ2) is 6.08. The molecular weight excluding hydrogens is 274 g/mol. The maximum absolute atomic E-state index is 12.3. The van der Waals surface area contributed by atoms with E-state index < -0.39 is 11.5 Å². The van der Waals surface area contributed by atoms with E-state index in [4.69, 9.17) is 18.0 Å². The highest BCUT2D eigenvalue weighted by Gasteiger charge is 2.47. The summed E-state index contributed by atoms with van der Waals surface area (Å²) in [5.41, 5.74) is 4.99. The number of hydrogen-bond donors (Lipinski definition) is 2. The third-order valence-corrected chi connectivity index (χ3v) is 4.89. The number of hydrogen-bond acceptors (Lipinski definition) is 3. The van der Waals surface area contributed by atoms with Crippen molar-refractivity contribution in [2.75, 3.05) is 13.1 Å². The molecule has 5 nitrogen and oxygen atoms in total. The monoisotopic (exact) mass is 297 g/mol. The molecule has 20 heavy (non-hydrogen) atoms. The molecule has 1 saturated heterocycles. The predicted molar refractivity (Wildman–Crippen MR) is 81.1 cm³/mol. The molecule has 0 aromatic heterocycles. The maximum atomic E-state index is 12.3. The van der Waals surface area contributed by atoms with Crippen LogP contribution in [0.3, 0.4) is 0 Å². The molecule has 112 valence electrons. The summed E-state index contributed by atoms with van der Waals surface area (Å²) < 4.78 is 0. The molecule has 3 N–H and O–H groups in total. The van der Waals surface area contributed by atoms with Crippen LogP contribution in [0.2, 0.25) is 0 Å². The standard InChI is InChI=1S/C14H23N3O2S/c1-10(11(18)17-8-3-2-4-9-17)16-13(19)14(12(15)20)6-5-7-14/h10H,2-9H2,1H3,(H2,15,20)(H,16,19). The van der Waals surface area contributed by atoms with Crippen molar-refractivity contribution in [3.63, 3.8) is 0 Å². The Hall–Kier alpha value is -1.17. The Balaban J connectivity index is 1.93. The first-order valence-corrected chi connectivity index (χ1v) is 7.78. The van der Waals surface area contributed by atoms with Crippen molar-refractivity contribution >= 4 is 29.0 Å². The summed E-state index contributed by atoms with van der Waals surface area (Å²) in [5, 5.41) is 2.80. The van der Waals surface area contributed by atoms with Crippen molar-refractivity contribution in [3.8, 4) is 0 Å². The van der Waals surface area contributed by atoms with Crippen LogP contribution in [0.15, 0.2) is 0 Å². The molecule has 0 aromatic rings. The van der Waals surface area contributed by atoms with E-state index in [0.717, 1.165) is 32.4 Å². The number of nitrogens with one attached hydrogen (secondary N) is 1. The second-order valence-electron chi connectivity index (χ2n) is 5.88. The Morgan fingerprint density at radius 3 is 2.25 bits per heavy atom. The minimum absolute atomic E-state index is 0.00420. The SMILES string of the molecule is CC(NC(=O)C1(C(N)=S)CCC1)C(=O)N1CCCCC1. The summed E-state index contributed by atoms with van der Waals surface area (Å²) in [6.07, 6.45) is 5.61. The van der Waals surface area contributed by atoms with Gasteiger partial charge in [0.15, 0.2) is 0 Å². The van der Waals surface area contributed by atoms with Gasteiger partial charge < -0.3 is 16.0 Å². The summed E-state index contributed by atoms with van der Waals surface area (Å²) in [5.74, 6) is -0.190. The molecule has 2 amide bonds. The van der Waals surface area contributed by atoms with E-state index in [1.165, 1.54) is 6.42 Å². The van der Waals surface area contributed by atoms with Gasteiger partial charge in [-0.25, -0.2) is 0 Å². The highest BCUT2D eigenvalue weighted by Crippen LogP contribution is 2.41. The van der Waals surface area contributed by atoms with Crippen LogP contribution in [0.25, 0.3) is 0 Å². The summed E-state index contributed by atoms with van der Waals surface area (Å²) in [6, 6.07) is -0.507. The molecule has 0 bridgehead atoms. The van der Waals surface area contributed by atoms with Gasteiger partial charge in [-0.1, -0.05) is 18.6 Å². The van der Waals surface area contributed by atoms with E-state index in [-0.39, 0.29) is 16.8 Å². The first-order chi connectivity index (χ1) is 9.47. The summed E-state index contributed by atoms with van der Waals surface area (Å²) in [7, 11) is 0. The van der Waals surface area contributed by atoms with Crippen LogP contribution in [0.4, 0.5) is 0 Å². The zero-order valence-electron chi connectivity index (χ0n) is 12.0. The average Bonchev–Trinajstić information content (AvgIpc) is 2.36. The number of nitrogens with two attached hydrogens (primary N) is 1. The Labute approximate surface area is 125 Å². The highest BCUT2D eigenvalue weighted by atomic mass is 32.1. The Morgan fingerprint density at radius 2 is 1.80 bits per heavy atom. The third-order valence-electron chi connectivity index (χ3n) is 4.50. The van der Waals surface area contributed by atoms with Crippen LogP contribution < -0.4 is 11.1 Å². The molecule has 1 atom stereocenters. The first kappa shape index (κ1) is 15.2. The number of carbonyl (C=O) groups excluding carboxylic acids is 2. The maximum Gasteiger partial charge on any atom is 0.244 e. The van der Waals surface area contributed by atoms with Gasteiger partial charge in [0.25, 0.3) is 0 Å².